The lowest BCUT2D eigenvalue weighted by Gasteiger charge is -2.37. The van der Waals surface area contributed by atoms with Crippen LogP contribution in [0.3, 0.4) is 0 Å². The highest BCUT2D eigenvalue weighted by molar-refractivity contribution is 5.20. The minimum Gasteiger partial charge on any atom is -0.492 e. The molecule has 1 unspecified atom stereocenters. The monoisotopic (exact) mass is 207 g/mol. The number of likely N-dealkylation sites (tertiary alicyclic amines) is 1. The zero-order valence-electron chi connectivity index (χ0n) is 9.67. The van der Waals surface area contributed by atoms with Crippen LogP contribution in [0.2, 0.25) is 0 Å². The summed E-state index contributed by atoms with van der Waals surface area (Å²) in [5, 5.41) is 0. The number of rotatable bonds is 5. The molecule has 0 amide bonds. The highest BCUT2D eigenvalue weighted by atomic mass is 16.5. The quantitative estimate of drug-likeness (QED) is 0.390. The van der Waals surface area contributed by atoms with Crippen molar-refractivity contribution in [3.05, 3.63) is 37.3 Å². The second-order valence-electron chi connectivity index (χ2n) is 3.80. The Balaban J connectivity index is 2.63. The van der Waals surface area contributed by atoms with Crippen LogP contribution < -0.4 is 0 Å². The van der Waals surface area contributed by atoms with Gasteiger partial charge in [-0.15, -0.1) is 6.58 Å². The average Bonchev–Trinajstić information content (AvgIpc) is 2.28. The Kier molecular flexibility index (Phi) is 4.47. The fraction of sp³-hybridized carbons (Fsp3) is 0.538. The average molecular weight is 207 g/mol. The molecule has 1 aliphatic rings. The van der Waals surface area contributed by atoms with Gasteiger partial charge in [-0.1, -0.05) is 19.2 Å². The molecule has 1 saturated heterocycles. The third-order valence-electron chi connectivity index (χ3n) is 2.81. The Hall–Kier alpha value is -1.18. The minimum atomic E-state index is 0.392. The van der Waals surface area contributed by atoms with Crippen molar-refractivity contribution in [3.8, 4) is 0 Å². The molecule has 2 heteroatoms. The zero-order chi connectivity index (χ0) is 11.3. The number of nitrogens with zero attached hydrogens (tertiary/aromatic N) is 1. The van der Waals surface area contributed by atoms with Crippen molar-refractivity contribution in [2.75, 3.05) is 13.2 Å². The molecule has 84 valence electrons. The molecule has 1 atom stereocenters. The normalized spacial score (nSPS) is 20.9. The summed E-state index contributed by atoms with van der Waals surface area (Å²) in [5.41, 5.74) is 0.904. The molecule has 0 aromatic heterocycles. The van der Waals surface area contributed by atoms with Crippen molar-refractivity contribution in [2.45, 2.75) is 32.2 Å². The van der Waals surface area contributed by atoms with E-state index in [4.69, 9.17) is 4.74 Å². The van der Waals surface area contributed by atoms with Crippen LogP contribution in [0.5, 0.6) is 0 Å². The molecule has 2 nitrogen and oxygen atoms in total. The van der Waals surface area contributed by atoms with Crippen LogP contribution in [0.4, 0.5) is 0 Å². The van der Waals surface area contributed by atoms with Crippen molar-refractivity contribution in [1.29, 1.82) is 0 Å². The number of hydrogen-bond donors (Lipinski definition) is 0. The molecule has 0 saturated carbocycles. The smallest absolute Gasteiger partial charge is 0.134 e. The van der Waals surface area contributed by atoms with Crippen LogP contribution in [0.15, 0.2) is 37.3 Å². The van der Waals surface area contributed by atoms with Gasteiger partial charge in [0.15, 0.2) is 0 Å². The van der Waals surface area contributed by atoms with Crippen LogP contribution in [-0.4, -0.2) is 24.1 Å². The van der Waals surface area contributed by atoms with Crippen LogP contribution >= 0.6 is 0 Å². The van der Waals surface area contributed by atoms with Crippen LogP contribution in [0, 0.1) is 0 Å². The van der Waals surface area contributed by atoms with E-state index >= 15 is 0 Å². The number of piperidine rings is 1. The highest BCUT2D eigenvalue weighted by Gasteiger charge is 2.22. The molecular weight excluding hydrogens is 186 g/mol. The first-order chi connectivity index (χ1) is 7.20. The summed E-state index contributed by atoms with van der Waals surface area (Å²) < 4.78 is 5.38. The lowest BCUT2D eigenvalue weighted by Crippen LogP contribution is -2.37. The predicted molar refractivity (Wildman–Crippen MR) is 64.4 cm³/mol. The Morgan fingerprint density at radius 3 is 2.80 bits per heavy atom. The molecule has 0 bridgehead atoms. The van der Waals surface area contributed by atoms with E-state index in [1.807, 2.05) is 13.0 Å². The van der Waals surface area contributed by atoms with Gasteiger partial charge < -0.3 is 9.64 Å². The SMILES string of the molecule is C=CC1CCCCN1C(=C)C(=C)OCC. The summed E-state index contributed by atoms with van der Waals surface area (Å²) in [6, 6.07) is 0.392. The van der Waals surface area contributed by atoms with Gasteiger partial charge >= 0.3 is 0 Å². The van der Waals surface area contributed by atoms with E-state index in [0.717, 1.165) is 18.7 Å². The Morgan fingerprint density at radius 1 is 1.47 bits per heavy atom. The number of hydrogen-bond acceptors (Lipinski definition) is 2. The summed E-state index contributed by atoms with van der Waals surface area (Å²) in [7, 11) is 0. The maximum absolute atomic E-state index is 5.38. The van der Waals surface area contributed by atoms with E-state index in [1.54, 1.807) is 0 Å². The van der Waals surface area contributed by atoms with E-state index in [2.05, 4.69) is 24.6 Å². The topological polar surface area (TPSA) is 12.5 Å². The third-order valence-corrected chi connectivity index (χ3v) is 2.81. The standard InChI is InChI=1S/C13H21NO/c1-5-13-9-7-8-10-14(13)11(3)12(4)15-6-2/h5,13H,1,3-4,6-10H2,2H3. The Bertz CT molecular complexity index is 257. The summed E-state index contributed by atoms with van der Waals surface area (Å²) in [4.78, 5) is 2.24. The molecule has 1 aliphatic heterocycles. The van der Waals surface area contributed by atoms with Gasteiger partial charge in [-0.25, -0.2) is 0 Å². The van der Waals surface area contributed by atoms with E-state index in [9.17, 15) is 0 Å². The largest absolute Gasteiger partial charge is 0.492 e. The Morgan fingerprint density at radius 2 is 2.20 bits per heavy atom. The van der Waals surface area contributed by atoms with Crippen molar-refractivity contribution in [3.63, 3.8) is 0 Å². The van der Waals surface area contributed by atoms with Crippen molar-refractivity contribution in [1.82, 2.24) is 4.90 Å². The first kappa shape index (κ1) is 11.9. The van der Waals surface area contributed by atoms with Gasteiger partial charge in [-0.3, -0.25) is 0 Å². The maximum atomic E-state index is 5.38. The van der Waals surface area contributed by atoms with E-state index < -0.39 is 0 Å². The molecule has 0 N–H and O–H groups in total. The highest BCUT2D eigenvalue weighted by Crippen LogP contribution is 2.24. The molecule has 1 fully saturated rings. The van der Waals surface area contributed by atoms with Gasteiger partial charge in [0.05, 0.1) is 12.3 Å². The fourth-order valence-electron chi connectivity index (χ4n) is 1.96. The molecule has 0 aliphatic carbocycles. The van der Waals surface area contributed by atoms with Crippen molar-refractivity contribution in [2.24, 2.45) is 0 Å². The van der Waals surface area contributed by atoms with Crippen molar-refractivity contribution >= 4 is 0 Å². The van der Waals surface area contributed by atoms with Crippen LogP contribution in [0.25, 0.3) is 0 Å². The van der Waals surface area contributed by atoms with Gasteiger partial charge in [0.1, 0.15) is 5.76 Å². The molecular formula is C13H21NO. The second kappa shape index (κ2) is 5.64. The molecule has 0 spiro atoms. The summed E-state index contributed by atoms with van der Waals surface area (Å²) >= 11 is 0. The minimum absolute atomic E-state index is 0.392. The molecule has 15 heavy (non-hydrogen) atoms. The zero-order valence-corrected chi connectivity index (χ0v) is 9.67. The fourth-order valence-corrected chi connectivity index (χ4v) is 1.96. The van der Waals surface area contributed by atoms with Gasteiger partial charge in [0, 0.05) is 12.6 Å². The lowest BCUT2D eigenvalue weighted by molar-refractivity contribution is 0.182. The van der Waals surface area contributed by atoms with Crippen LogP contribution in [0.1, 0.15) is 26.2 Å². The summed E-state index contributed by atoms with van der Waals surface area (Å²) in [6.07, 6.45) is 5.62. The molecule has 1 rings (SSSR count). The van der Waals surface area contributed by atoms with Crippen LogP contribution in [-0.2, 0) is 4.74 Å². The second-order valence-corrected chi connectivity index (χ2v) is 3.80. The predicted octanol–water partition coefficient (Wildman–Crippen LogP) is 3.09. The van der Waals surface area contributed by atoms with Gasteiger partial charge in [-0.05, 0) is 26.2 Å². The first-order valence-corrected chi connectivity index (χ1v) is 5.60. The van der Waals surface area contributed by atoms with Crippen molar-refractivity contribution < 1.29 is 4.74 Å². The Labute approximate surface area is 92.9 Å². The molecule has 1 heterocycles. The summed E-state index contributed by atoms with van der Waals surface area (Å²) in [5.74, 6) is 0.686. The van der Waals surface area contributed by atoms with Gasteiger partial charge in [-0.2, -0.15) is 0 Å². The lowest BCUT2D eigenvalue weighted by atomic mass is 10.0. The first-order valence-electron chi connectivity index (χ1n) is 5.60. The molecule has 0 aromatic carbocycles. The maximum Gasteiger partial charge on any atom is 0.134 e. The summed E-state index contributed by atoms with van der Waals surface area (Å²) in [6.45, 7) is 15.4. The van der Waals surface area contributed by atoms with E-state index in [-0.39, 0.29) is 0 Å². The molecule has 0 aromatic rings. The van der Waals surface area contributed by atoms with Gasteiger partial charge in [0.2, 0.25) is 0 Å². The van der Waals surface area contributed by atoms with E-state index in [1.165, 1.54) is 12.8 Å². The molecule has 0 radical (unpaired) electrons. The van der Waals surface area contributed by atoms with E-state index in [0.29, 0.717) is 18.4 Å². The number of ether oxygens (including phenoxy) is 1. The third kappa shape index (κ3) is 2.88. The van der Waals surface area contributed by atoms with Gasteiger partial charge in [0.25, 0.3) is 0 Å².